The van der Waals surface area contributed by atoms with Crippen LogP contribution < -0.4 is 15.7 Å². The molecule has 0 radical (unpaired) electrons. The number of nitrogens with one attached hydrogen (secondary N) is 2. The van der Waals surface area contributed by atoms with Crippen molar-refractivity contribution in [1.29, 1.82) is 5.26 Å². The molecule has 0 bridgehead atoms. The summed E-state index contributed by atoms with van der Waals surface area (Å²) in [5.74, 6) is 0.323. The number of hydrogen-bond donors (Lipinski definition) is 3. The van der Waals surface area contributed by atoms with Crippen LogP contribution in [0.2, 0.25) is 0 Å². The second-order valence-electron chi connectivity index (χ2n) is 5.38. The van der Waals surface area contributed by atoms with Crippen LogP contribution >= 0.6 is 0 Å². The number of phenols is 1. The molecule has 0 aliphatic carbocycles. The largest absolute Gasteiger partial charge is 0.504 e. The molecule has 27 heavy (non-hydrogen) atoms. The Labute approximate surface area is 154 Å². The van der Waals surface area contributed by atoms with Gasteiger partial charge in [-0.25, -0.2) is 10.4 Å². The number of hydrogen-bond acceptors (Lipinski definition) is 7. The van der Waals surface area contributed by atoms with Crippen molar-refractivity contribution in [3.8, 4) is 28.8 Å². The maximum absolute atomic E-state index is 12.2. The van der Waals surface area contributed by atoms with Crippen LogP contribution in [0.5, 0.6) is 11.5 Å². The smallest absolute Gasteiger partial charge is 0.270 e. The fraction of sp³-hybridized carbons (Fsp3) is 0.0526. The van der Waals surface area contributed by atoms with Gasteiger partial charge in [0, 0.05) is 11.1 Å². The van der Waals surface area contributed by atoms with E-state index in [0.29, 0.717) is 16.9 Å². The zero-order chi connectivity index (χ0) is 19.2. The van der Waals surface area contributed by atoms with E-state index in [1.807, 2.05) is 12.1 Å². The standard InChI is InChI=1S/C19H15N5O3/c1-27-15-9-5-8-13(17(15)25)11-21-24-19-22-16(12-6-3-2-4-7-12)14(10-20)18(26)23-19/h2-9,11,25H,1H3,(H2,22,23,24,26). The minimum Gasteiger partial charge on any atom is -0.504 e. The minimum atomic E-state index is -0.576. The molecule has 3 rings (SSSR count). The number of H-pyrrole nitrogens is 1. The van der Waals surface area contributed by atoms with Crippen LogP contribution in [0.3, 0.4) is 0 Å². The van der Waals surface area contributed by atoms with Crippen molar-refractivity contribution in [2.45, 2.75) is 0 Å². The molecule has 8 nitrogen and oxygen atoms in total. The van der Waals surface area contributed by atoms with Crippen molar-refractivity contribution in [3.63, 3.8) is 0 Å². The second-order valence-corrected chi connectivity index (χ2v) is 5.38. The summed E-state index contributed by atoms with van der Waals surface area (Å²) in [5, 5.41) is 23.3. The van der Waals surface area contributed by atoms with Gasteiger partial charge in [0.2, 0.25) is 5.95 Å². The Balaban J connectivity index is 1.92. The first-order valence-electron chi connectivity index (χ1n) is 7.89. The van der Waals surface area contributed by atoms with Crippen LogP contribution in [-0.2, 0) is 0 Å². The average Bonchev–Trinajstić information content (AvgIpc) is 2.69. The molecule has 0 saturated heterocycles. The average molecular weight is 361 g/mol. The lowest BCUT2D eigenvalue weighted by atomic mass is 10.1. The first-order valence-corrected chi connectivity index (χ1v) is 7.89. The number of methoxy groups -OCH3 is 1. The molecule has 1 heterocycles. The topological polar surface area (TPSA) is 123 Å². The van der Waals surface area contributed by atoms with Gasteiger partial charge in [0.25, 0.3) is 5.56 Å². The fourth-order valence-electron chi connectivity index (χ4n) is 2.41. The highest BCUT2D eigenvalue weighted by molar-refractivity contribution is 5.85. The number of rotatable bonds is 5. The van der Waals surface area contributed by atoms with Crippen molar-refractivity contribution < 1.29 is 9.84 Å². The van der Waals surface area contributed by atoms with Gasteiger partial charge in [0.05, 0.1) is 19.0 Å². The summed E-state index contributed by atoms with van der Waals surface area (Å²) < 4.78 is 5.03. The number of aromatic hydroxyl groups is 1. The van der Waals surface area contributed by atoms with Gasteiger partial charge >= 0.3 is 0 Å². The molecule has 0 atom stereocenters. The minimum absolute atomic E-state index is 0.0585. The molecular formula is C19H15N5O3. The number of nitrogens with zero attached hydrogens (tertiary/aromatic N) is 3. The van der Waals surface area contributed by atoms with E-state index in [2.05, 4.69) is 20.5 Å². The van der Waals surface area contributed by atoms with Crippen molar-refractivity contribution >= 4 is 12.2 Å². The third kappa shape index (κ3) is 3.77. The van der Waals surface area contributed by atoms with Gasteiger partial charge in [-0.15, -0.1) is 0 Å². The van der Waals surface area contributed by atoms with E-state index in [4.69, 9.17) is 4.74 Å². The quantitative estimate of drug-likeness (QED) is 0.474. The number of aromatic nitrogens is 2. The summed E-state index contributed by atoms with van der Waals surface area (Å²) >= 11 is 0. The van der Waals surface area contributed by atoms with E-state index < -0.39 is 5.56 Å². The van der Waals surface area contributed by atoms with Gasteiger partial charge in [0.15, 0.2) is 11.5 Å². The normalized spacial score (nSPS) is 10.5. The van der Waals surface area contributed by atoms with Crippen LogP contribution in [0, 0.1) is 11.3 Å². The van der Waals surface area contributed by atoms with E-state index in [9.17, 15) is 15.2 Å². The Morgan fingerprint density at radius 1 is 1.26 bits per heavy atom. The van der Waals surface area contributed by atoms with E-state index >= 15 is 0 Å². The Morgan fingerprint density at radius 2 is 2.04 bits per heavy atom. The summed E-state index contributed by atoms with van der Waals surface area (Å²) in [5.41, 5.74) is 3.25. The van der Waals surface area contributed by atoms with Gasteiger partial charge in [0.1, 0.15) is 11.6 Å². The molecule has 0 aliphatic heterocycles. The molecular weight excluding hydrogens is 346 g/mol. The number of nitriles is 1. The van der Waals surface area contributed by atoms with Gasteiger partial charge < -0.3 is 9.84 Å². The molecule has 8 heteroatoms. The van der Waals surface area contributed by atoms with Crippen LogP contribution in [0.4, 0.5) is 5.95 Å². The summed E-state index contributed by atoms with van der Waals surface area (Å²) in [6, 6.07) is 15.7. The number of phenolic OH excluding ortho intramolecular Hbond substituents is 1. The van der Waals surface area contributed by atoms with Crippen LogP contribution in [-0.4, -0.2) is 28.4 Å². The van der Waals surface area contributed by atoms with Gasteiger partial charge in [-0.1, -0.05) is 36.4 Å². The van der Waals surface area contributed by atoms with Gasteiger partial charge in [-0.05, 0) is 12.1 Å². The van der Waals surface area contributed by atoms with Crippen molar-refractivity contribution in [2.24, 2.45) is 5.10 Å². The Kier molecular flexibility index (Phi) is 5.14. The summed E-state index contributed by atoms with van der Waals surface area (Å²) in [6.07, 6.45) is 1.36. The first-order chi connectivity index (χ1) is 13.1. The van der Waals surface area contributed by atoms with E-state index in [0.717, 1.165) is 0 Å². The molecule has 2 aromatic carbocycles. The molecule has 1 aromatic heterocycles. The van der Waals surface area contributed by atoms with Crippen LogP contribution in [0.25, 0.3) is 11.3 Å². The van der Waals surface area contributed by atoms with Gasteiger partial charge in [-0.3, -0.25) is 9.78 Å². The van der Waals surface area contributed by atoms with E-state index in [1.165, 1.54) is 13.3 Å². The molecule has 134 valence electrons. The number of ether oxygens (including phenoxy) is 1. The maximum Gasteiger partial charge on any atom is 0.270 e. The number of benzene rings is 2. The number of hydrazone groups is 1. The Morgan fingerprint density at radius 3 is 2.74 bits per heavy atom. The monoisotopic (exact) mass is 361 g/mol. The third-order valence-electron chi connectivity index (χ3n) is 3.70. The zero-order valence-corrected chi connectivity index (χ0v) is 14.3. The predicted molar refractivity (Wildman–Crippen MR) is 101 cm³/mol. The van der Waals surface area contributed by atoms with E-state index in [-0.39, 0.29) is 23.0 Å². The molecule has 0 aliphatic rings. The van der Waals surface area contributed by atoms with E-state index in [1.54, 1.807) is 42.5 Å². The Bertz CT molecular complexity index is 1080. The molecule has 3 N–H and O–H groups in total. The highest BCUT2D eigenvalue weighted by Gasteiger charge is 2.13. The van der Waals surface area contributed by atoms with Gasteiger partial charge in [-0.2, -0.15) is 10.4 Å². The van der Waals surface area contributed by atoms with Crippen molar-refractivity contribution in [2.75, 3.05) is 12.5 Å². The first kappa shape index (κ1) is 17.7. The molecule has 0 amide bonds. The number of aromatic amines is 1. The van der Waals surface area contributed by atoms with Crippen LogP contribution in [0.1, 0.15) is 11.1 Å². The summed E-state index contributed by atoms with van der Waals surface area (Å²) in [6.45, 7) is 0. The van der Waals surface area contributed by atoms with Crippen molar-refractivity contribution in [3.05, 3.63) is 70.0 Å². The highest BCUT2D eigenvalue weighted by Crippen LogP contribution is 2.28. The molecule has 0 spiro atoms. The lowest BCUT2D eigenvalue weighted by molar-refractivity contribution is 0.373. The maximum atomic E-state index is 12.2. The molecule has 0 saturated carbocycles. The Hall–Kier alpha value is -4.12. The predicted octanol–water partition coefficient (Wildman–Crippen LogP) is 2.47. The zero-order valence-electron chi connectivity index (χ0n) is 14.3. The lowest BCUT2D eigenvalue weighted by Crippen LogP contribution is -2.16. The summed E-state index contributed by atoms with van der Waals surface area (Å²) in [7, 11) is 1.45. The third-order valence-corrected chi connectivity index (χ3v) is 3.70. The lowest BCUT2D eigenvalue weighted by Gasteiger charge is -2.06. The second kappa shape index (κ2) is 7.84. The SMILES string of the molecule is COc1cccc(C=NNc2nc(-c3ccccc3)c(C#N)c(=O)[nH]2)c1O. The molecule has 3 aromatic rings. The molecule has 0 unspecified atom stereocenters. The highest BCUT2D eigenvalue weighted by atomic mass is 16.5. The fourth-order valence-corrected chi connectivity index (χ4v) is 2.41. The van der Waals surface area contributed by atoms with Crippen LogP contribution in [0.15, 0.2) is 58.4 Å². The number of para-hydroxylation sites is 1. The van der Waals surface area contributed by atoms with Crippen molar-refractivity contribution in [1.82, 2.24) is 9.97 Å². The summed E-state index contributed by atoms with van der Waals surface area (Å²) in [4.78, 5) is 18.9. The molecule has 0 fully saturated rings. The number of anilines is 1.